The van der Waals surface area contributed by atoms with E-state index in [0.29, 0.717) is 11.3 Å². The highest BCUT2D eigenvalue weighted by Gasteiger charge is 2.07. The number of rotatable bonds is 5. The summed E-state index contributed by atoms with van der Waals surface area (Å²) in [6.45, 7) is 1.49. The number of hydrogen-bond donors (Lipinski definition) is 1. The van der Waals surface area contributed by atoms with Gasteiger partial charge in [0.05, 0.1) is 12.2 Å². The Morgan fingerprint density at radius 2 is 1.80 bits per heavy atom. The Hall–Kier alpha value is -2.06. The van der Waals surface area contributed by atoms with E-state index in [1.54, 1.807) is 24.3 Å². The van der Waals surface area contributed by atoms with E-state index in [-0.39, 0.29) is 23.7 Å². The molecule has 5 heteroatoms. The second-order valence-electron chi connectivity index (χ2n) is 3.98. The number of carboxylic acids is 1. The van der Waals surface area contributed by atoms with E-state index in [9.17, 15) is 14.4 Å². The van der Waals surface area contributed by atoms with Gasteiger partial charge in [0.15, 0.2) is 10.9 Å². The summed E-state index contributed by atoms with van der Waals surface area (Å²) in [4.78, 5) is 32.7. The second kappa shape index (κ2) is 8.18. The molecule has 104 valence electrons. The predicted octanol–water partition coefficient (Wildman–Crippen LogP) is 2.37. The van der Waals surface area contributed by atoms with Crippen molar-refractivity contribution >= 4 is 28.6 Å². The molecule has 0 saturated heterocycles. The molecular weight excluding hydrogens is 276 g/mol. The Labute approximate surface area is 121 Å². The van der Waals surface area contributed by atoms with Gasteiger partial charge in [-0.2, -0.15) is 0 Å². The van der Waals surface area contributed by atoms with E-state index in [4.69, 9.17) is 5.11 Å². The quantitative estimate of drug-likeness (QED) is 0.666. The van der Waals surface area contributed by atoms with Crippen LogP contribution in [0.5, 0.6) is 0 Å². The largest absolute Gasteiger partial charge is 0.481 e. The number of Topliss-reactive ketones (excluding diaryl/α,β-unsaturated/α-hetero) is 1. The maximum Gasteiger partial charge on any atom is 0.303 e. The maximum absolute atomic E-state index is 11.7. The summed E-state index contributed by atoms with van der Waals surface area (Å²) < 4.78 is 0. The third kappa shape index (κ3) is 6.21. The molecule has 0 heterocycles. The predicted molar refractivity (Wildman–Crippen MR) is 77.7 cm³/mol. The number of carbonyl (C=O) groups is 3. The van der Waals surface area contributed by atoms with Crippen LogP contribution in [-0.4, -0.2) is 27.7 Å². The van der Waals surface area contributed by atoms with Gasteiger partial charge < -0.3 is 5.11 Å². The molecule has 1 N–H and O–H groups in total. The molecule has 0 amide bonds. The van der Waals surface area contributed by atoms with Crippen molar-refractivity contribution in [2.45, 2.75) is 19.8 Å². The molecule has 1 aromatic carbocycles. The molecular formula is C15H14O4S. The summed E-state index contributed by atoms with van der Waals surface area (Å²) in [6, 6.07) is 6.68. The Morgan fingerprint density at radius 3 is 2.35 bits per heavy atom. The molecule has 1 aromatic rings. The Morgan fingerprint density at radius 1 is 1.15 bits per heavy atom. The summed E-state index contributed by atoms with van der Waals surface area (Å²) in [5.74, 6) is 5.00. The summed E-state index contributed by atoms with van der Waals surface area (Å²) in [6.07, 6.45) is -0.168. The van der Waals surface area contributed by atoms with E-state index in [1.807, 2.05) is 0 Å². The summed E-state index contributed by atoms with van der Waals surface area (Å²) in [5, 5.41) is 8.54. The smallest absolute Gasteiger partial charge is 0.303 e. The molecule has 0 spiro atoms. The third-order valence-corrected chi connectivity index (χ3v) is 3.05. The van der Waals surface area contributed by atoms with Gasteiger partial charge in [0, 0.05) is 24.5 Å². The van der Waals surface area contributed by atoms with Crippen LogP contribution in [0, 0.1) is 11.8 Å². The molecule has 0 aliphatic carbocycles. The van der Waals surface area contributed by atoms with Crippen molar-refractivity contribution in [1.29, 1.82) is 0 Å². The van der Waals surface area contributed by atoms with E-state index in [2.05, 4.69) is 11.8 Å². The molecule has 0 unspecified atom stereocenters. The van der Waals surface area contributed by atoms with Crippen LogP contribution in [-0.2, 0) is 9.59 Å². The first-order valence-electron chi connectivity index (χ1n) is 5.96. The van der Waals surface area contributed by atoms with Crippen molar-refractivity contribution in [3.8, 4) is 11.8 Å². The van der Waals surface area contributed by atoms with Crippen molar-refractivity contribution in [2.75, 3.05) is 5.75 Å². The van der Waals surface area contributed by atoms with E-state index in [1.165, 1.54) is 6.92 Å². The standard InChI is InChI=1S/C15H14O4S/c1-11(16)20-10-2-3-12-4-6-13(7-5-12)14(17)8-9-15(18)19/h4-7H,8-10H2,1H3,(H,18,19). The lowest BCUT2D eigenvalue weighted by Gasteiger charge is -1.99. The third-order valence-electron chi connectivity index (χ3n) is 2.35. The molecule has 4 nitrogen and oxygen atoms in total. The molecule has 0 atom stereocenters. The lowest BCUT2D eigenvalue weighted by molar-refractivity contribution is -0.136. The van der Waals surface area contributed by atoms with Gasteiger partial charge in [0.25, 0.3) is 0 Å². The van der Waals surface area contributed by atoms with E-state index < -0.39 is 5.97 Å². The molecule has 20 heavy (non-hydrogen) atoms. The van der Waals surface area contributed by atoms with Crippen molar-refractivity contribution in [1.82, 2.24) is 0 Å². The van der Waals surface area contributed by atoms with Crippen molar-refractivity contribution in [3.63, 3.8) is 0 Å². The number of carbonyl (C=O) groups excluding carboxylic acids is 2. The lowest BCUT2D eigenvalue weighted by atomic mass is 10.0. The van der Waals surface area contributed by atoms with Gasteiger partial charge in [-0.05, 0) is 12.1 Å². The monoisotopic (exact) mass is 290 g/mol. The van der Waals surface area contributed by atoms with Gasteiger partial charge in [-0.1, -0.05) is 35.7 Å². The van der Waals surface area contributed by atoms with Gasteiger partial charge >= 0.3 is 5.97 Å². The van der Waals surface area contributed by atoms with Gasteiger partial charge in [-0.3, -0.25) is 14.4 Å². The van der Waals surface area contributed by atoms with Gasteiger partial charge in [-0.25, -0.2) is 0 Å². The zero-order valence-electron chi connectivity index (χ0n) is 11.0. The Balaban J connectivity index is 2.57. The van der Waals surface area contributed by atoms with Crippen molar-refractivity contribution < 1.29 is 19.5 Å². The van der Waals surface area contributed by atoms with Gasteiger partial charge in [-0.15, -0.1) is 0 Å². The minimum Gasteiger partial charge on any atom is -0.481 e. The van der Waals surface area contributed by atoms with Gasteiger partial charge in [0.2, 0.25) is 0 Å². The van der Waals surface area contributed by atoms with Crippen molar-refractivity contribution in [2.24, 2.45) is 0 Å². The van der Waals surface area contributed by atoms with Crippen LogP contribution in [0.3, 0.4) is 0 Å². The molecule has 0 saturated carbocycles. The van der Waals surface area contributed by atoms with Crippen molar-refractivity contribution in [3.05, 3.63) is 35.4 Å². The molecule has 0 aliphatic heterocycles. The molecule has 0 bridgehead atoms. The first-order valence-corrected chi connectivity index (χ1v) is 6.95. The first-order chi connectivity index (χ1) is 9.49. The lowest BCUT2D eigenvalue weighted by Crippen LogP contribution is -2.03. The summed E-state index contributed by atoms with van der Waals surface area (Å²) in [5.41, 5.74) is 1.24. The molecule has 0 aliphatic rings. The highest BCUT2D eigenvalue weighted by atomic mass is 32.2. The number of benzene rings is 1. The van der Waals surface area contributed by atoms with Crippen LogP contribution in [0.1, 0.15) is 35.7 Å². The Bertz CT molecular complexity index is 564. The normalized spacial score (nSPS) is 9.45. The zero-order valence-corrected chi connectivity index (χ0v) is 11.8. The fraction of sp³-hybridized carbons (Fsp3) is 0.267. The van der Waals surface area contributed by atoms with E-state index in [0.717, 1.165) is 17.3 Å². The fourth-order valence-corrected chi connectivity index (χ4v) is 1.73. The van der Waals surface area contributed by atoms with Crippen LogP contribution in [0.15, 0.2) is 24.3 Å². The number of carboxylic acid groups (broad SMARTS) is 1. The minimum absolute atomic E-state index is 0.00436. The van der Waals surface area contributed by atoms with Crippen LogP contribution < -0.4 is 0 Å². The fourth-order valence-electron chi connectivity index (χ4n) is 1.38. The zero-order chi connectivity index (χ0) is 15.0. The van der Waals surface area contributed by atoms with Crippen LogP contribution in [0.25, 0.3) is 0 Å². The average molecular weight is 290 g/mol. The molecule has 0 aromatic heterocycles. The average Bonchev–Trinajstić information content (AvgIpc) is 2.41. The summed E-state index contributed by atoms with van der Waals surface area (Å²) >= 11 is 1.15. The highest BCUT2D eigenvalue weighted by molar-refractivity contribution is 8.13. The maximum atomic E-state index is 11.7. The highest BCUT2D eigenvalue weighted by Crippen LogP contribution is 2.08. The minimum atomic E-state index is -0.983. The van der Waals surface area contributed by atoms with Crippen LogP contribution in [0.2, 0.25) is 0 Å². The summed E-state index contributed by atoms with van der Waals surface area (Å²) in [7, 11) is 0. The van der Waals surface area contributed by atoms with Crippen LogP contribution >= 0.6 is 11.8 Å². The molecule has 1 rings (SSSR count). The Kier molecular flexibility index (Phi) is 6.54. The first kappa shape index (κ1) is 16.0. The molecule has 0 fully saturated rings. The number of aliphatic carboxylic acids is 1. The van der Waals surface area contributed by atoms with Crippen LogP contribution in [0.4, 0.5) is 0 Å². The van der Waals surface area contributed by atoms with Gasteiger partial charge in [0.1, 0.15) is 0 Å². The van der Waals surface area contributed by atoms with E-state index >= 15 is 0 Å². The molecule has 0 radical (unpaired) electrons. The topological polar surface area (TPSA) is 71.4 Å². The SMILES string of the molecule is CC(=O)SCC#Cc1ccc(C(=O)CCC(=O)O)cc1. The number of hydrogen-bond acceptors (Lipinski definition) is 4. The number of ketones is 1. The number of thioether (sulfide) groups is 1. The second-order valence-corrected chi connectivity index (χ2v) is 5.13.